The van der Waals surface area contributed by atoms with E-state index in [2.05, 4.69) is 4.72 Å². The molecule has 0 heterocycles. The van der Waals surface area contributed by atoms with Gasteiger partial charge in [0, 0.05) is 18.2 Å². The quantitative estimate of drug-likeness (QED) is 0.559. The summed E-state index contributed by atoms with van der Waals surface area (Å²) in [6, 6.07) is 5.70. The molecule has 0 unspecified atom stereocenters. The van der Waals surface area contributed by atoms with Crippen LogP contribution in [0.3, 0.4) is 0 Å². The Balaban J connectivity index is 2.85. The average Bonchev–Trinajstić information content (AvgIpc) is 2.45. The number of rotatable bonds is 8. The zero-order valence-electron chi connectivity index (χ0n) is 12.1. The van der Waals surface area contributed by atoms with Gasteiger partial charge in [0.25, 0.3) is 5.69 Å². The second-order valence-electron chi connectivity index (χ2n) is 4.90. The maximum absolute atomic E-state index is 12.0. The van der Waals surface area contributed by atoms with E-state index in [9.17, 15) is 23.6 Å². The number of hydrogen-bond donors (Lipinski definition) is 2. The minimum absolute atomic E-state index is 0.108. The predicted octanol–water partition coefficient (Wildman–Crippen LogP) is 1.57. The molecule has 0 aromatic heterocycles. The second-order valence-corrected chi connectivity index (χ2v) is 6.70. The van der Waals surface area contributed by atoms with Gasteiger partial charge in [-0.05, 0) is 12.8 Å². The molecule has 118 valence electrons. The lowest BCUT2D eigenvalue weighted by molar-refractivity contribution is -0.385. The van der Waals surface area contributed by atoms with Crippen LogP contribution in [0.25, 0.3) is 0 Å². The number of nitro groups is 1. The smallest absolute Gasteiger partial charge is 0.273 e. The Morgan fingerprint density at radius 1 is 1.29 bits per heavy atom. The van der Waals surface area contributed by atoms with E-state index < -0.39 is 26.3 Å². The summed E-state index contributed by atoms with van der Waals surface area (Å²) >= 11 is 0. The number of nitrogens with one attached hydrogen (secondary N) is 1. The molecule has 1 aromatic carbocycles. The average molecular weight is 316 g/mol. The highest BCUT2D eigenvalue weighted by Gasteiger charge is 2.26. The highest BCUT2D eigenvalue weighted by atomic mass is 32.2. The SMILES string of the molecule is CCC(O)(CC)CNS(=O)(=O)Cc1ccccc1[N+](=O)[O-]. The van der Waals surface area contributed by atoms with Gasteiger partial charge in [-0.1, -0.05) is 32.0 Å². The zero-order valence-corrected chi connectivity index (χ0v) is 12.9. The highest BCUT2D eigenvalue weighted by molar-refractivity contribution is 7.88. The third kappa shape index (κ3) is 5.07. The van der Waals surface area contributed by atoms with Crippen molar-refractivity contribution in [2.24, 2.45) is 0 Å². The maximum atomic E-state index is 12.0. The molecule has 1 rings (SSSR count). The minimum Gasteiger partial charge on any atom is -0.389 e. The van der Waals surface area contributed by atoms with Gasteiger partial charge in [-0.2, -0.15) is 0 Å². The van der Waals surface area contributed by atoms with Crippen LogP contribution in [0, 0.1) is 10.1 Å². The van der Waals surface area contributed by atoms with Gasteiger partial charge in [0.1, 0.15) is 0 Å². The van der Waals surface area contributed by atoms with Gasteiger partial charge in [0.2, 0.25) is 10.0 Å². The summed E-state index contributed by atoms with van der Waals surface area (Å²) in [5.41, 5.74) is -1.22. The lowest BCUT2D eigenvalue weighted by atomic mass is 9.98. The van der Waals surface area contributed by atoms with Crippen molar-refractivity contribution >= 4 is 15.7 Å². The first-order valence-electron chi connectivity index (χ1n) is 6.65. The molecule has 8 heteroatoms. The number of nitrogens with zero attached hydrogens (tertiary/aromatic N) is 1. The fraction of sp³-hybridized carbons (Fsp3) is 0.538. The van der Waals surface area contributed by atoms with Crippen molar-refractivity contribution in [3.8, 4) is 0 Å². The van der Waals surface area contributed by atoms with Gasteiger partial charge in [-0.25, -0.2) is 13.1 Å². The molecule has 21 heavy (non-hydrogen) atoms. The molecule has 0 fully saturated rings. The topological polar surface area (TPSA) is 110 Å². The molecule has 0 radical (unpaired) electrons. The Morgan fingerprint density at radius 2 is 1.86 bits per heavy atom. The second kappa shape index (κ2) is 6.97. The maximum Gasteiger partial charge on any atom is 0.273 e. The molecule has 0 bridgehead atoms. The van der Waals surface area contributed by atoms with Crippen molar-refractivity contribution in [3.63, 3.8) is 0 Å². The lowest BCUT2D eigenvalue weighted by Crippen LogP contribution is -2.42. The molecule has 0 aliphatic heterocycles. The Labute approximate surface area is 124 Å². The van der Waals surface area contributed by atoms with E-state index in [-0.39, 0.29) is 17.8 Å². The van der Waals surface area contributed by atoms with E-state index in [0.717, 1.165) is 0 Å². The summed E-state index contributed by atoms with van der Waals surface area (Å²) in [4.78, 5) is 10.3. The largest absolute Gasteiger partial charge is 0.389 e. The van der Waals surface area contributed by atoms with Crippen LogP contribution in [0.2, 0.25) is 0 Å². The van der Waals surface area contributed by atoms with Crippen LogP contribution in [-0.4, -0.2) is 30.6 Å². The van der Waals surface area contributed by atoms with E-state index in [0.29, 0.717) is 12.8 Å². The van der Waals surface area contributed by atoms with Crippen molar-refractivity contribution < 1.29 is 18.4 Å². The molecule has 1 aromatic rings. The number of sulfonamides is 1. The molecule has 0 saturated heterocycles. The van der Waals surface area contributed by atoms with Crippen LogP contribution in [0.1, 0.15) is 32.3 Å². The van der Waals surface area contributed by atoms with Gasteiger partial charge in [0.05, 0.1) is 16.3 Å². The van der Waals surface area contributed by atoms with Crippen LogP contribution in [0.4, 0.5) is 5.69 Å². The van der Waals surface area contributed by atoms with E-state index in [1.807, 2.05) is 0 Å². The minimum atomic E-state index is -3.76. The van der Waals surface area contributed by atoms with E-state index in [1.54, 1.807) is 19.9 Å². The van der Waals surface area contributed by atoms with Crippen LogP contribution in [0.15, 0.2) is 24.3 Å². The van der Waals surface area contributed by atoms with Crippen LogP contribution in [0.5, 0.6) is 0 Å². The van der Waals surface area contributed by atoms with Crippen molar-refractivity contribution in [1.29, 1.82) is 0 Å². The third-order valence-electron chi connectivity index (χ3n) is 3.47. The number of aliphatic hydroxyl groups is 1. The molecule has 7 nitrogen and oxygen atoms in total. The van der Waals surface area contributed by atoms with Crippen LogP contribution < -0.4 is 4.72 Å². The van der Waals surface area contributed by atoms with Gasteiger partial charge >= 0.3 is 0 Å². The molecule has 0 spiro atoms. The summed E-state index contributed by atoms with van der Waals surface area (Å²) in [7, 11) is -3.76. The summed E-state index contributed by atoms with van der Waals surface area (Å²) in [5, 5.41) is 20.9. The summed E-state index contributed by atoms with van der Waals surface area (Å²) in [6.07, 6.45) is 0.828. The van der Waals surface area contributed by atoms with Crippen LogP contribution in [-0.2, 0) is 15.8 Å². The number of hydrogen-bond acceptors (Lipinski definition) is 5. The molecule has 0 saturated carbocycles. The molecule has 0 atom stereocenters. The van der Waals surface area contributed by atoms with Crippen LogP contribution >= 0.6 is 0 Å². The Morgan fingerprint density at radius 3 is 2.38 bits per heavy atom. The predicted molar refractivity (Wildman–Crippen MR) is 79.3 cm³/mol. The van der Waals surface area contributed by atoms with E-state index >= 15 is 0 Å². The number of benzene rings is 1. The molecule has 2 N–H and O–H groups in total. The molecular weight excluding hydrogens is 296 g/mol. The first kappa shape index (κ1) is 17.5. The summed E-state index contributed by atoms with van der Waals surface area (Å²) in [6.45, 7) is 3.42. The van der Waals surface area contributed by atoms with Crippen molar-refractivity contribution in [2.75, 3.05) is 6.54 Å². The third-order valence-corrected chi connectivity index (χ3v) is 4.75. The number of para-hydroxylation sites is 1. The lowest BCUT2D eigenvalue weighted by Gasteiger charge is -2.25. The molecular formula is C13H20N2O5S. The van der Waals surface area contributed by atoms with E-state index in [4.69, 9.17) is 0 Å². The summed E-state index contributed by atoms with van der Waals surface area (Å²) in [5.74, 6) is -0.492. The Bertz CT molecular complexity index is 596. The number of nitro benzene ring substituents is 1. The fourth-order valence-electron chi connectivity index (χ4n) is 1.81. The first-order chi connectivity index (χ1) is 9.73. The summed E-state index contributed by atoms with van der Waals surface area (Å²) < 4.78 is 26.3. The highest BCUT2D eigenvalue weighted by Crippen LogP contribution is 2.20. The van der Waals surface area contributed by atoms with E-state index in [1.165, 1.54) is 18.2 Å². The molecule has 0 amide bonds. The van der Waals surface area contributed by atoms with Gasteiger partial charge in [-0.3, -0.25) is 10.1 Å². The standard InChI is InChI=1S/C13H20N2O5S/c1-3-13(16,4-2)10-14-21(19,20)9-11-7-5-6-8-12(11)15(17)18/h5-8,14,16H,3-4,9-10H2,1-2H3. The van der Waals surface area contributed by atoms with Crippen molar-refractivity contribution in [3.05, 3.63) is 39.9 Å². The zero-order chi connectivity index (χ0) is 16.1. The molecule has 0 aliphatic carbocycles. The Kier molecular flexibility index (Phi) is 5.82. The van der Waals surface area contributed by atoms with Gasteiger partial charge in [-0.15, -0.1) is 0 Å². The normalized spacial score (nSPS) is 12.3. The van der Waals surface area contributed by atoms with Crippen molar-refractivity contribution in [1.82, 2.24) is 4.72 Å². The molecule has 0 aliphatic rings. The monoisotopic (exact) mass is 316 g/mol. The Hall–Kier alpha value is -1.51. The van der Waals surface area contributed by atoms with Gasteiger partial charge < -0.3 is 5.11 Å². The van der Waals surface area contributed by atoms with Crippen molar-refractivity contribution in [2.45, 2.75) is 38.0 Å². The fourth-order valence-corrected chi connectivity index (χ4v) is 3.06. The van der Waals surface area contributed by atoms with Gasteiger partial charge in [0.15, 0.2) is 0 Å². The first-order valence-corrected chi connectivity index (χ1v) is 8.30.